The second-order valence-electron chi connectivity index (χ2n) is 21.0. The van der Waals surface area contributed by atoms with E-state index < -0.39 is 110 Å². The van der Waals surface area contributed by atoms with Crippen molar-refractivity contribution in [2.45, 2.75) is 190 Å². The number of hydrogen-bond donors (Lipinski definition) is 7. The van der Waals surface area contributed by atoms with Crippen LogP contribution in [-0.4, -0.2) is 179 Å². The smallest absolute Gasteiger partial charge is 0.306 e. The number of fused-ring (bicyclic) bond motifs is 3. The van der Waals surface area contributed by atoms with Crippen LogP contribution in [0.25, 0.3) is 0 Å². The Morgan fingerprint density at radius 2 is 1.48 bits per heavy atom. The molecule has 8 rings (SSSR count). The molecule has 19 nitrogen and oxygen atoms in total. The Bertz CT molecular complexity index is 1700. The highest BCUT2D eigenvalue weighted by molar-refractivity contribution is 5.92. The molecule has 370 valence electrons. The van der Waals surface area contributed by atoms with Crippen molar-refractivity contribution < 1.29 is 92.8 Å². The van der Waals surface area contributed by atoms with Crippen molar-refractivity contribution >= 4 is 17.7 Å². The molecular weight excluding hydrogens is 856 g/mol. The van der Waals surface area contributed by atoms with E-state index in [4.69, 9.17) is 42.6 Å². The van der Waals surface area contributed by atoms with Crippen molar-refractivity contribution in [1.29, 1.82) is 0 Å². The minimum Gasteiger partial charge on any atom is -0.465 e. The Kier molecular flexibility index (Phi) is 14.8. The van der Waals surface area contributed by atoms with E-state index in [0.717, 1.165) is 51.4 Å². The van der Waals surface area contributed by atoms with Gasteiger partial charge in [0.15, 0.2) is 18.9 Å². The van der Waals surface area contributed by atoms with Crippen LogP contribution in [-0.2, 0) is 57.0 Å². The first-order chi connectivity index (χ1) is 30.8. The van der Waals surface area contributed by atoms with Crippen LogP contribution in [0.4, 0.5) is 0 Å². The van der Waals surface area contributed by atoms with E-state index in [1.165, 1.54) is 14.0 Å². The molecule has 0 aromatic carbocycles. The zero-order valence-corrected chi connectivity index (χ0v) is 38.2. The van der Waals surface area contributed by atoms with Gasteiger partial charge in [0, 0.05) is 43.1 Å². The van der Waals surface area contributed by atoms with Crippen LogP contribution >= 0.6 is 0 Å². The third-order valence-corrected chi connectivity index (χ3v) is 17.5. The normalized spacial score (nSPS) is 51.1. The highest BCUT2D eigenvalue weighted by Gasteiger charge is 2.69. The maximum Gasteiger partial charge on any atom is 0.306 e. The van der Waals surface area contributed by atoms with Crippen LogP contribution in [0.1, 0.15) is 98.3 Å². The van der Waals surface area contributed by atoms with Crippen molar-refractivity contribution in [2.75, 3.05) is 33.5 Å². The summed E-state index contributed by atoms with van der Waals surface area (Å²) in [6.07, 6.45) is -10.9. The van der Waals surface area contributed by atoms with E-state index in [2.05, 4.69) is 13.8 Å². The lowest BCUT2D eigenvalue weighted by Gasteiger charge is -2.67. The third-order valence-electron chi connectivity index (χ3n) is 17.5. The summed E-state index contributed by atoms with van der Waals surface area (Å²) in [6.45, 7) is 7.10. The fourth-order valence-corrected chi connectivity index (χ4v) is 13.9. The zero-order valence-electron chi connectivity index (χ0n) is 38.2. The van der Waals surface area contributed by atoms with Crippen molar-refractivity contribution in [2.24, 2.45) is 45.8 Å². The lowest BCUT2D eigenvalue weighted by molar-refractivity contribution is -0.356. The summed E-state index contributed by atoms with van der Waals surface area (Å²) >= 11 is 0. The molecule has 4 aliphatic heterocycles. The molecule has 4 aliphatic carbocycles. The Hall–Kier alpha value is -1.95. The number of aliphatic hydroxyl groups is 7. The average molecular weight is 929 g/mol. The molecule has 4 saturated heterocycles. The van der Waals surface area contributed by atoms with Crippen LogP contribution in [0.5, 0.6) is 0 Å². The second kappa shape index (κ2) is 19.4. The molecule has 1 unspecified atom stereocenters. The van der Waals surface area contributed by atoms with Gasteiger partial charge < -0.3 is 78.4 Å². The van der Waals surface area contributed by atoms with Crippen LogP contribution in [0.2, 0.25) is 0 Å². The number of rotatable bonds is 13. The number of aliphatic hydroxyl groups excluding tert-OH is 7. The standard InChI is InChI=1S/C46H72O19/c1-21-40(65-42-39(55)37(53)35(51)30(64-42)20-60-41-38(54)36(52)34(50)29(17-47)63-41)28(57-5)16-33(61-21)62-27-8-10-45(4)26(25(27)19-58-22(2)48)7-13-46-12-6-24(14-23-15-32(49)59-18-23)44(3,43(46)56)11-9-31(45)46/h21,23-31,33-42,47,50-55H,6-20H2,1-5H3/t21-,23?,24+,25+,26-,27-,28+,29+,30+,31-,33-,34+,35+,36-,37-,38+,39+,40-,41+,42-,44+,45-,46+/m0/s1. The second-order valence-corrected chi connectivity index (χ2v) is 21.0. The summed E-state index contributed by atoms with van der Waals surface area (Å²) < 4.78 is 53.3. The molecule has 0 amide bonds. The van der Waals surface area contributed by atoms with E-state index in [1.54, 1.807) is 6.92 Å². The van der Waals surface area contributed by atoms with Gasteiger partial charge in [0.05, 0.1) is 51.2 Å². The maximum absolute atomic E-state index is 14.9. The first-order valence-electron chi connectivity index (χ1n) is 23.8. The first-order valence-corrected chi connectivity index (χ1v) is 23.8. The molecule has 7 N–H and O–H groups in total. The molecule has 4 heterocycles. The van der Waals surface area contributed by atoms with Gasteiger partial charge in [-0.05, 0) is 87.9 Å². The molecule has 1 spiro atoms. The highest BCUT2D eigenvalue weighted by Crippen LogP contribution is 2.71. The van der Waals surface area contributed by atoms with Gasteiger partial charge in [-0.15, -0.1) is 0 Å². The molecule has 8 aliphatic rings. The van der Waals surface area contributed by atoms with E-state index >= 15 is 0 Å². The quantitative estimate of drug-likeness (QED) is 0.0964. The van der Waals surface area contributed by atoms with E-state index in [9.17, 15) is 50.1 Å². The van der Waals surface area contributed by atoms with Crippen LogP contribution in [0.3, 0.4) is 0 Å². The molecule has 0 aromatic heterocycles. The minimum absolute atomic E-state index is 0.118. The van der Waals surface area contributed by atoms with Gasteiger partial charge in [0.25, 0.3) is 0 Å². The minimum atomic E-state index is -1.74. The summed E-state index contributed by atoms with van der Waals surface area (Å²) in [5.74, 6) is 0.415. The van der Waals surface area contributed by atoms with Crippen LogP contribution < -0.4 is 0 Å². The Morgan fingerprint density at radius 1 is 0.785 bits per heavy atom. The molecule has 8 fully saturated rings. The van der Waals surface area contributed by atoms with Gasteiger partial charge in [-0.25, -0.2) is 0 Å². The molecule has 0 aromatic rings. The molecule has 4 saturated carbocycles. The van der Waals surface area contributed by atoms with Crippen molar-refractivity contribution in [3.05, 3.63) is 0 Å². The Labute approximate surface area is 379 Å². The molecule has 65 heavy (non-hydrogen) atoms. The molecule has 23 atom stereocenters. The van der Waals surface area contributed by atoms with Gasteiger partial charge in [-0.3, -0.25) is 14.4 Å². The van der Waals surface area contributed by atoms with Gasteiger partial charge in [-0.2, -0.15) is 0 Å². The number of carbonyl (C=O) groups excluding carboxylic acids is 3. The molecule has 0 radical (unpaired) electrons. The summed E-state index contributed by atoms with van der Waals surface area (Å²) in [6, 6.07) is 0. The van der Waals surface area contributed by atoms with Crippen molar-refractivity contribution in [3.8, 4) is 0 Å². The Morgan fingerprint density at radius 3 is 2.15 bits per heavy atom. The summed E-state index contributed by atoms with van der Waals surface area (Å²) in [7, 11) is 1.51. The highest BCUT2D eigenvalue weighted by atomic mass is 16.8. The number of ketones is 1. The summed E-state index contributed by atoms with van der Waals surface area (Å²) in [4.78, 5) is 39.1. The number of carbonyl (C=O) groups is 3. The van der Waals surface area contributed by atoms with Gasteiger partial charge in [-0.1, -0.05) is 13.8 Å². The summed E-state index contributed by atoms with van der Waals surface area (Å²) in [5.41, 5.74) is -1.02. The lowest BCUT2D eigenvalue weighted by atomic mass is 9.36. The van der Waals surface area contributed by atoms with E-state index in [0.29, 0.717) is 25.2 Å². The van der Waals surface area contributed by atoms with Gasteiger partial charge >= 0.3 is 11.9 Å². The van der Waals surface area contributed by atoms with Crippen molar-refractivity contribution in [3.63, 3.8) is 0 Å². The first kappa shape index (κ1) is 49.5. The predicted molar refractivity (Wildman–Crippen MR) is 221 cm³/mol. The fourth-order valence-electron chi connectivity index (χ4n) is 13.9. The van der Waals surface area contributed by atoms with Crippen LogP contribution in [0, 0.1) is 45.8 Å². The molecular formula is C46H72O19. The number of Topliss-reactive ketones (excluding diaryl/α,β-unsaturated/α-hetero) is 1. The van der Waals surface area contributed by atoms with Gasteiger partial charge in [0.1, 0.15) is 60.7 Å². The van der Waals surface area contributed by atoms with Crippen molar-refractivity contribution in [1.82, 2.24) is 0 Å². The third kappa shape index (κ3) is 9.07. The fraction of sp³-hybridized carbons (Fsp3) is 0.935. The lowest BCUT2D eigenvalue weighted by Crippen LogP contribution is -2.66. The molecule has 19 heteroatoms. The number of methoxy groups -OCH3 is 1. The summed E-state index contributed by atoms with van der Waals surface area (Å²) in [5, 5.41) is 72.8. The number of cyclic esters (lactones) is 1. The van der Waals surface area contributed by atoms with Crippen LogP contribution in [0.15, 0.2) is 0 Å². The Balaban J connectivity index is 0.913. The zero-order chi connectivity index (χ0) is 46.7. The average Bonchev–Trinajstić information content (AvgIpc) is 3.69. The van der Waals surface area contributed by atoms with E-state index in [-0.39, 0.29) is 66.1 Å². The maximum atomic E-state index is 14.9. The topological polar surface area (TPSA) is 276 Å². The number of hydrogen-bond acceptors (Lipinski definition) is 19. The largest absolute Gasteiger partial charge is 0.465 e. The molecule has 2 bridgehead atoms. The number of esters is 2. The SMILES string of the molecule is CO[C@@H]1C[C@H](O[C@H]2CC[C@]3(C)[C@@H]4CC[C@@]5(C)C(=O)[C@]4(CC[C@@H]5CC4COC(=O)C4)CC[C@H]3[C@H]2COC(C)=O)O[C@@H](C)[C@@H]1O[C@@H]1O[C@H](CO[C@@H]2O[C@H](CO)[C@@H](O)[C@H](O)[C@H]2O)[C@@H](O)[C@H](O)[C@H]1O. The van der Waals surface area contributed by atoms with E-state index in [1.807, 2.05) is 0 Å². The predicted octanol–water partition coefficient (Wildman–Crippen LogP) is 0.255. The van der Waals surface area contributed by atoms with Gasteiger partial charge in [0.2, 0.25) is 0 Å². The number of ether oxygens (including phenoxy) is 9. The monoisotopic (exact) mass is 928 g/mol.